The van der Waals surface area contributed by atoms with E-state index in [0.717, 1.165) is 6.42 Å². The van der Waals surface area contributed by atoms with Gasteiger partial charge in [-0.1, -0.05) is 6.08 Å². The Balaban J connectivity index is 3.33. The number of hydrogen-bond acceptors (Lipinski definition) is 2. The Morgan fingerprint density at radius 3 is 2.80 bits per heavy atom. The van der Waals surface area contributed by atoms with Crippen LogP contribution in [-0.2, 0) is 4.79 Å². The second-order valence-corrected chi connectivity index (χ2v) is 2.43. The van der Waals surface area contributed by atoms with Crippen molar-refractivity contribution in [2.45, 2.75) is 32.3 Å². The highest BCUT2D eigenvalue weighted by Gasteiger charge is 2.04. The summed E-state index contributed by atoms with van der Waals surface area (Å²) in [6.45, 7) is 5.00. The van der Waals surface area contributed by atoms with Gasteiger partial charge in [0.2, 0.25) is 0 Å². The molecule has 0 fully saturated rings. The zero-order valence-electron chi connectivity index (χ0n) is 6.34. The summed E-state index contributed by atoms with van der Waals surface area (Å²) in [6.07, 6.45) is 2.95. The standard InChI is InChI=1S/C8H14O2/c1-3-4-5-8(10)6-7(2)9/h3,8,10H,1,4-6H2,2H3. The summed E-state index contributed by atoms with van der Waals surface area (Å²) in [5.74, 6) is 0.0385. The van der Waals surface area contributed by atoms with Gasteiger partial charge < -0.3 is 5.11 Å². The number of allylic oxidation sites excluding steroid dienone is 1. The minimum Gasteiger partial charge on any atom is -0.393 e. The largest absolute Gasteiger partial charge is 0.393 e. The molecule has 0 spiro atoms. The molecule has 0 aromatic carbocycles. The SMILES string of the molecule is C=CCCC(O)CC(C)=O. The number of carbonyl (C=O) groups is 1. The van der Waals surface area contributed by atoms with E-state index in [4.69, 9.17) is 5.11 Å². The molecule has 1 unspecified atom stereocenters. The van der Waals surface area contributed by atoms with Crippen molar-refractivity contribution < 1.29 is 9.90 Å². The number of rotatable bonds is 5. The van der Waals surface area contributed by atoms with E-state index in [0.29, 0.717) is 6.42 Å². The molecule has 0 aromatic rings. The van der Waals surface area contributed by atoms with Crippen LogP contribution in [-0.4, -0.2) is 17.0 Å². The number of ketones is 1. The molecule has 0 aliphatic heterocycles. The highest BCUT2D eigenvalue weighted by atomic mass is 16.3. The topological polar surface area (TPSA) is 37.3 Å². The zero-order valence-corrected chi connectivity index (χ0v) is 6.34. The Hall–Kier alpha value is -0.630. The van der Waals surface area contributed by atoms with Crippen molar-refractivity contribution >= 4 is 5.78 Å². The summed E-state index contributed by atoms with van der Waals surface area (Å²) in [4.78, 5) is 10.4. The van der Waals surface area contributed by atoms with Gasteiger partial charge in [0.05, 0.1) is 6.10 Å². The van der Waals surface area contributed by atoms with Crippen molar-refractivity contribution in [3.05, 3.63) is 12.7 Å². The second kappa shape index (κ2) is 5.18. The van der Waals surface area contributed by atoms with E-state index in [2.05, 4.69) is 6.58 Å². The number of Topliss-reactive ketones (excluding diaryl/α,β-unsaturated/α-hetero) is 1. The van der Waals surface area contributed by atoms with Gasteiger partial charge >= 0.3 is 0 Å². The molecule has 0 amide bonds. The van der Waals surface area contributed by atoms with Gasteiger partial charge in [0.25, 0.3) is 0 Å². The number of aliphatic hydroxyl groups excluding tert-OH is 1. The van der Waals surface area contributed by atoms with Gasteiger partial charge in [0, 0.05) is 6.42 Å². The fourth-order valence-electron chi connectivity index (χ4n) is 0.744. The summed E-state index contributed by atoms with van der Waals surface area (Å²) < 4.78 is 0. The molecule has 0 rings (SSSR count). The molecule has 58 valence electrons. The quantitative estimate of drug-likeness (QED) is 0.587. The van der Waals surface area contributed by atoms with Crippen molar-refractivity contribution in [1.29, 1.82) is 0 Å². The van der Waals surface area contributed by atoms with Gasteiger partial charge in [-0.15, -0.1) is 6.58 Å². The predicted molar refractivity (Wildman–Crippen MR) is 40.7 cm³/mol. The van der Waals surface area contributed by atoms with E-state index < -0.39 is 6.10 Å². The lowest BCUT2D eigenvalue weighted by Gasteiger charge is -2.04. The second-order valence-electron chi connectivity index (χ2n) is 2.43. The highest BCUT2D eigenvalue weighted by molar-refractivity contribution is 5.75. The minimum atomic E-state index is -0.476. The molecule has 2 nitrogen and oxygen atoms in total. The molecule has 1 atom stereocenters. The first-order valence-corrected chi connectivity index (χ1v) is 3.45. The monoisotopic (exact) mass is 142 g/mol. The molecule has 0 aliphatic carbocycles. The molecule has 10 heavy (non-hydrogen) atoms. The van der Waals surface area contributed by atoms with Gasteiger partial charge in [0.1, 0.15) is 5.78 Å². The number of hydrogen-bond donors (Lipinski definition) is 1. The summed E-state index contributed by atoms with van der Waals surface area (Å²) in [5.41, 5.74) is 0. The third-order valence-electron chi connectivity index (χ3n) is 1.23. The van der Waals surface area contributed by atoms with Gasteiger partial charge in [-0.2, -0.15) is 0 Å². The maximum Gasteiger partial charge on any atom is 0.132 e. The van der Waals surface area contributed by atoms with Crippen LogP contribution in [0.4, 0.5) is 0 Å². The average molecular weight is 142 g/mol. The Labute approximate surface area is 61.6 Å². The lowest BCUT2D eigenvalue weighted by atomic mass is 10.1. The van der Waals surface area contributed by atoms with Crippen LogP contribution in [0.15, 0.2) is 12.7 Å². The Kier molecular flexibility index (Phi) is 4.85. The molecule has 0 radical (unpaired) electrons. The van der Waals surface area contributed by atoms with Crippen LogP contribution in [0.3, 0.4) is 0 Å². The molecular formula is C8H14O2. The summed E-state index contributed by atoms with van der Waals surface area (Å²) in [5, 5.41) is 9.08. The average Bonchev–Trinajstić information content (AvgIpc) is 1.82. The summed E-state index contributed by atoms with van der Waals surface area (Å²) >= 11 is 0. The highest BCUT2D eigenvalue weighted by Crippen LogP contribution is 2.01. The van der Waals surface area contributed by atoms with Crippen molar-refractivity contribution in [2.75, 3.05) is 0 Å². The summed E-state index contributed by atoms with van der Waals surface area (Å²) in [6, 6.07) is 0. The van der Waals surface area contributed by atoms with Crippen LogP contribution in [0.5, 0.6) is 0 Å². The molecule has 0 saturated heterocycles. The molecule has 0 heterocycles. The van der Waals surface area contributed by atoms with Gasteiger partial charge in [-0.3, -0.25) is 4.79 Å². The van der Waals surface area contributed by atoms with E-state index in [9.17, 15) is 4.79 Å². The van der Waals surface area contributed by atoms with Crippen LogP contribution >= 0.6 is 0 Å². The molecule has 0 saturated carbocycles. The molecule has 0 bridgehead atoms. The van der Waals surface area contributed by atoms with Crippen LogP contribution in [0, 0.1) is 0 Å². The lowest BCUT2D eigenvalue weighted by Crippen LogP contribution is -2.10. The first-order chi connectivity index (χ1) is 4.66. The molecular weight excluding hydrogens is 128 g/mol. The van der Waals surface area contributed by atoms with Crippen LogP contribution in [0.25, 0.3) is 0 Å². The predicted octanol–water partition coefficient (Wildman–Crippen LogP) is 1.29. The van der Waals surface area contributed by atoms with E-state index >= 15 is 0 Å². The smallest absolute Gasteiger partial charge is 0.132 e. The molecule has 2 heteroatoms. The minimum absolute atomic E-state index is 0.0385. The molecule has 0 aliphatic rings. The Morgan fingerprint density at radius 2 is 2.40 bits per heavy atom. The van der Waals surface area contributed by atoms with Gasteiger partial charge in [-0.05, 0) is 19.8 Å². The van der Waals surface area contributed by atoms with Crippen LogP contribution in [0.2, 0.25) is 0 Å². The van der Waals surface area contributed by atoms with Crippen molar-refractivity contribution in [1.82, 2.24) is 0 Å². The zero-order chi connectivity index (χ0) is 7.98. The first-order valence-electron chi connectivity index (χ1n) is 3.45. The van der Waals surface area contributed by atoms with Crippen molar-refractivity contribution in [3.63, 3.8) is 0 Å². The molecule has 1 N–H and O–H groups in total. The number of carbonyl (C=O) groups excluding carboxylic acids is 1. The normalized spacial score (nSPS) is 12.6. The van der Waals surface area contributed by atoms with Crippen LogP contribution in [0.1, 0.15) is 26.2 Å². The van der Waals surface area contributed by atoms with E-state index in [1.54, 1.807) is 6.08 Å². The third-order valence-corrected chi connectivity index (χ3v) is 1.23. The van der Waals surface area contributed by atoms with E-state index in [1.807, 2.05) is 0 Å². The van der Waals surface area contributed by atoms with Gasteiger partial charge in [0.15, 0.2) is 0 Å². The van der Waals surface area contributed by atoms with Crippen molar-refractivity contribution in [2.24, 2.45) is 0 Å². The van der Waals surface area contributed by atoms with E-state index in [-0.39, 0.29) is 12.2 Å². The summed E-state index contributed by atoms with van der Waals surface area (Å²) in [7, 11) is 0. The van der Waals surface area contributed by atoms with E-state index in [1.165, 1.54) is 6.92 Å². The third kappa shape index (κ3) is 5.51. The molecule has 0 aromatic heterocycles. The fourth-order valence-corrected chi connectivity index (χ4v) is 0.744. The Morgan fingerprint density at radius 1 is 1.80 bits per heavy atom. The van der Waals surface area contributed by atoms with Crippen LogP contribution < -0.4 is 0 Å². The maximum atomic E-state index is 10.4. The first kappa shape index (κ1) is 9.37. The number of aliphatic hydroxyl groups is 1. The van der Waals surface area contributed by atoms with Crippen molar-refractivity contribution in [3.8, 4) is 0 Å². The Bertz CT molecular complexity index is 118. The lowest BCUT2D eigenvalue weighted by molar-refractivity contribution is -0.118. The fraction of sp³-hybridized carbons (Fsp3) is 0.625. The van der Waals surface area contributed by atoms with Gasteiger partial charge in [-0.25, -0.2) is 0 Å². The maximum absolute atomic E-state index is 10.4.